The van der Waals surface area contributed by atoms with Gasteiger partial charge in [-0.15, -0.1) is 15.7 Å². The molecule has 1 atom stereocenters. The molecule has 1 aromatic heterocycles. The maximum atomic E-state index is 13.3. The van der Waals surface area contributed by atoms with Crippen molar-refractivity contribution in [3.05, 3.63) is 69.3 Å². The maximum Gasteiger partial charge on any atom is 0.342 e. The third-order valence-corrected chi connectivity index (χ3v) is 6.38. The van der Waals surface area contributed by atoms with Crippen LogP contribution in [0, 0.1) is 5.82 Å². The number of thiophene rings is 1. The fourth-order valence-electron chi connectivity index (χ4n) is 3.05. The molecule has 0 saturated carbocycles. The molecule has 2 heterocycles. The molecule has 9 heteroatoms. The van der Waals surface area contributed by atoms with Crippen LogP contribution in [0.5, 0.6) is 0 Å². The summed E-state index contributed by atoms with van der Waals surface area (Å²) in [6, 6.07) is 9.47. The first kappa shape index (κ1) is 20.2. The zero-order valence-electron chi connectivity index (χ0n) is 15.4. The zero-order chi connectivity index (χ0) is 20.3. The van der Waals surface area contributed by atoms with Gasteiger partial charge in [-0.25, -0.2) is 4.39 Å². The van der Waals surface area contributed by atoms with Crippen molar-refractivity contribution in [2.75, 3.05) is 0 Å². The van der Waals surface area contributed by atoms with Crippen LogP contribution in [0.3, 0.4) is 0 Å². The highest BCUT2D eigenvalue weighted by Crippen LogP contribution is 2.27. The van der Waals surface area contributed by atoms with Crippen molar-refractivity contribution in [2.45, 2.75) is 32.7 Å². The second-order valence-corrected chi connectivity index (χ2v) is 8.74. The molecule has 28 heavy (non-hydrogen) atoms. The van der Waals surface area contributed by atoms with Crippen LogP contribution in [0.25, 0.3) is 0 Å². The smallest absolute Gasteiger partial charge is 0.342 e. The van der Waals surface area contributed by atoms with Crippen molar-refractivity contribution in [1.29, 1.82) is 0 Å². The summed E-state index contributed by atoms with van der Waals surface area (Å²) in [5, 5.41) is 4.91. The lowest BCUT2D eigenvalue weighted by atomic mass is 10.0. The van der Waals surface area contributed by atoms with Crippen LogP contribution in [-0.2, 0) is 15.0 Å². The van der Waals surface area contributed by atoms with Gasteiger partial charge in [0.15, 0.2) is 0 Å². The van der Waals surface area contributed by atoms with Crippen LogP contribution in [-0.4, -0.2) is 20.0 Å². The molecule has 0 spiro atoms. The lowest BCUT2D eigenvalue weighted by molar-refractivity contribution is -0.121. The summed E-state index contributed by atoms with van der Waals surface area (Å²) < 4.78 is 42.4. The highest BCUT2D eigenvalue weighted by molar-refractivity contribution is 7.88. The van der Waals surface area contributed by atoms with E-state index < -0.39 is 10.2 Å². The average Bonchev–Trinajstić information content (AvgIpc) is 3.13. The lowest BCUT2D eigenvalue weighted by Gasteiger charge is -2.20. The molecule has 2 aromatic rings. The Bertz CT molecular complexity index is 1030. The van der Waals surface area contributed by atoms with E-state index in [1.54, 1.807) is 26.0 Å². The van der Waals surface area contributed by atoms with E-state index in [0.29, 0.717) is 23.4 Å². The third-order valence-electron chi connectivity index (χ3n) is 4.37. The van der Waals surface area contributed by atoms with E-state index in [-0.39, 0.29) is 24.2 Å². The minimum atomic E-state index is -3.69. The number of halogens is 1. The fraction of sp³-hybridized carbons (Fsp3) is 0.263. The van der Waals surface area contributed by atoms with Gasteiger partial charge in [-0.2, -0.15) is 8.42 Å². The first-order chi connectivity index (χ1) is 13.2. The highest BCUT2D eigenvalue weighted by atomic mass is 32.2. The quantitative estimate of drug-likeness (QED) is 0.749. The van der Waals surface area contributed by atoms with Crippen molar-refractivity contribution < 1.29 is 17.6 Å². The van der Waals surface area contributed by atoms with E-state index in [9.17, 15) is 17.6 Å². The van der Waals surface area contributed by atoms with E-state index in [1.165, 1.54) is 23.5 Å². The third kappa shape index (κ3) is 4.85. The Morgan fingerprint density at radius 1 is 1.25 bits per heavy atom. The topological polar surface area (TPSA) is 87.6 Å². The monoisotopic (exact) mass is 421 g/mol. The second-order valence-electron chi connectivity index (χ2n) is 6.42. The number of hydrogen-bond donors (Lipinski definition) is 2. The average molecular weight is 422 g/mol. The van der Waals surface area contributed by atoms with Crippen LogP contribution in [0.4, 0.5) is 4.39 Å². The predicted molar refractivity (Wildman–Crippen MR) is 108 cm³/mol. The van der Waals surface area contributed by atoms with E-state index in [1.807, 2.05) is 17.5 Å². The summed E-state index contributed by atoms with van der Waals surface area (Å²) in [5.74, 6) is -0.527. The molecule has 1 aliphatic heterocycles. The van der Waals surface area contributed by atoms with Gasteiger partial charge in [0, 0.05) is 17.0 Å². The van der Waals surface area contributed by atoms with Crippen molar-refractivity contribution in [3.63, 3.8) is 0 Å². The number of hydrogen-bond acceptors (Lipinski definition) is 4. The normalized spacial score (nSPS) is 16.9. The minimum Gasteiger partial charge on any atom is -0.344 e. The van der Waals surface area contributed by atoms with Crippen LogP contribution >= 0.6 is 11.3 Å². The molecule has 2 N–H and O–H groups in total. The Kier molecular flexibility index (Phi) is 5.95. The summed E-state index contributed by atoms with van der Waals surface area (Å²) in [7, 11) is -3.69. The van der Waals surface area contributed by atoms with Gasteiger partial charge in [-0.1, -0.05) is 18.2 Å². The SMILES string of the molecule is CC1=NS(=O)(=O)NC(C)=C1CCC(=O)N[C@H](c1ccc(F)cc1)c1cccs1. The molecule has 0 bridgehead atoms. The molecule has 0 saturated heterocycles. The van der Waals surface area contributed by atoms with E-state index in [4.69, 9.17) is 0 Å². The first-order valence-corrected chi connectivity index (χ1v) is 10.9. The van der Waals surface area contributed by atoms with Crippen molar-refractivity contribution in [3.8, 4) is 0 Å². The molecule has 0 fully saturated rings. The van der Waals surface area contributed by atoms with E-state index in [2.05, 4.69) is 14.4 Å². The number of carbonyl (C=O) groups excluding carboxylic acids is 1. The molecule has 6 nitrogen and oxygen atoms in total. The minimum absolute atomic E-state index is 0.171. The Labute approximate surface area is 167 Å². The molecule has 1 aromatic carbocycles. The molecule has 1 amide bonds. The Morgan fingerprint density at radius 2 is 1.96 bits per heavy atom. The Balaban J connectivity index is 1.71. The summed E-state index contributed by atoms with van der Waals surface area (Å²) in [5.41, 5.74) is 2.36. The largest absolute Gasteiger partial charge is 0.344 e. The van der Waals surface area contributed by atoms with E-state index >= 15 is 0 Å². The van der Waals surface area contributed by atoms with Crippen LogP contribution < -0.4 is 10.0 Å². The predicted octanol–water partition coefficient (Wildman–Crippen LogP) is 3.46. The van der Waals surface area contributed by atoms with Crippen LogP contribution in [0.15, 0.2) is 57.4 Å². The fourth-order valence-corrected chi connectivity index (χ4v) is 4.88. The number of nitrogens with zero attached hydrogens (tertiary/aromatic N) is 1. The van der Waals surface area contributed by atoms with Gasteiger partial charge < -0.3 is 5.32 Å². The lowest BCUT2D eigenvalue weighted by Crippen LogP contribution is -2.30. The van der Waals surface area contributed by atoms with Gasteiger partial charge in [0.25, 0.3) is 0 Å². The second kappa shape index (κ2) is 8.24. The molecule has 0 radical (unpaired) electrons. The van der Waals surface area contributed by atoms with Crippen molar-refractivity contribution >= 4 is 33.2 Å². The summed E-state index contributed by atoms with van der Waals surface area (Å²) in [4.78, 5) is 13.5. The number of carbonyl (C=O) groups is 1. The summed E-state index contributed by atoms with van der Waals surface area (Å²) in [6.45, 7) is 3.26. The number of amides is 1. The van der Waals surface area contributed by atoms with Crippen molar-refractivity contribution in [2.24, 2.45) is 4.40 Å². The Hall–Kier alpha value is -2.52. The van der Waals surface area contributed by atoms with Gasteiger partial charge >= 0.3 is 10.2 Å². The molecule has 3 rings (SSSR count). The summed E-state index contributed by atoms with van der Waals surface area (Å²) in [6.07, 6.45) is 0.528. The standard InChI is InChI=1S/C19H20FN3O3S2/c1-12-16(13(2)23-28(25,26)22-12)9-10-18(24)21-19(17-4-3-11-27-17)14-5-7-15(20)8-6-14/h3-8,11,19,22H,9-10H2,1-2H3,(H,21,24)/t19-/m1/s1. The van der Waals surface area contributed by atoms with Gasteiger partial charge in [-0.3, -0.25) is 9.52 Å². The molecule has 0 aliphatic carbocycles. The van der Waals surface area contributed by atoms with Gasteiger partial charge in [-0.05, 0) is 55.0 Å². The molecule has 1 aliphatic rings. The number of allylic oxidation sites excluding steroid dienone is 2. The molecule has 0 unspecified atom stereocenters. The number of benzene rings is 1. The van der Waals surface area contributed by atoms with Crippen molar-refractivity contribution in [1.82, 2.24) is 10.0 Å². The van der Waals surface area contributed by atoms with Gasteiger partial charge in [0.05, 0.1) is 11.8 Å². The van der Waals surface area contributed by atoms with Gasteiger partial charge in [0.1, 0.15) is 5.82 Å². The maximum absolute atomic E-state index is 13.3. The zero-order valence-corrected chi connectivity index (χ0v) is 17.0. The highest BCUT2D eigenvalue weighted by Gasteiger charge is 2.22. The molecular formula is C19H20FN3O3S2. The van der Waals surface area contributed by atoms with Crippen LogP contribution in [0.1, 0.15) is 43.2 Å². The molecule has 148 valence electrons. The van der Waals surface area contributed by atoms with Crippen LogP contribution in [0.2, 0.25) is 0 Å². The van der Waals surface area contributed by atoms with Gasteiger partial charge in [0.2, 0.25) is 5.91 Å². The Morgan fingerprint density at radius 3 is 2.57 bits per heavy atom. The summed E-state index contributed by atoms with van der Waals surface area (Å²) >= 11 is 1.51. The molecular weight excluding hydrogens is 401 g/mol. The number of rotatable bonds is 6. The first-order valence-electron chi connectivity index (χ1n) is 8.63. The number of nitrogens with one attached hydrogen (secondary N) is 2. The van der Waals surface area contributed by atoms with E-state index in [0.717, 1.165) is 10.4 Å².